The normalized spacial score (nSPS) is 13.2. The zero-order chi connectivity index (χ0) is 22.2. The Morgan fingerprint density at radius 2 is 1.97 bits per heavy atom. The summed E-state index contributed by atoms with van der Waals surface area (Å²) in [5.74, 6) is 2.17. The third-order valence-corrected chi connectivity index (χ3v) is 5.33. The highest BCUT2D eigenvalue weighted by atomic mass is 16.5. The number of nitrogens with zero attached hydrogens (tertiary/aromatic N) is 4. The second-order valence-corrected chi connectivity index (χ2v) is 9.09. The van der Waals surface area contributed by atoms with E-state index in [0.717, 1.165) is 52.9 Å². The van der Waals surface area contributed by atoms with E-state index in [9.17, 15) is 4.79 Å². The maximum atomic E-state index is 12.5. The molecule has 1 aliphatic carbocycles. The lowest BCUT2D eigenvalue weighted by Gasteiger charge is -2.25. The zero-order valence-electron chi connectivity index (χ0n) is 18.8. The molecule has 31 heavy (non-hydrogen) atoms. The van der Waals surface area contributed by atoms with Crippen LogP contribution in [0.15, 0.2) is 30.5 Å². The monoisotopic (exact) mass is 419 g/mol. The summed E-state index contributed by atoms with van der Waals surface area (Å²) in [5, 5.41) is 5.07. The highest BCUT2D eigenvalue weighted by Crippen LogP contribution is 2.31. The molecule has 3 aromatic rings. The first-order chi connectivity index (χ1) is 14.7. The minimum atomic E-state index is -0.271. The highest BCUT2D eigenvalue weighted by Gasteiger charge is 2.24. The van der Waals surface area contributed by atoms with Crippen molar-refractivity contribution in [2.45, 2.75) is 45.6 Å². The second kappa shape index (κ2) is 8.13. The maximum Gasteiger partial charge on any atom is 0.239 e. The lowest BCUT2D eigenvalue weighted by atomic mass is 10.1. The summed E-state index contributed by atoms with van der Waals surface area (Å²) in [6.07, 6.45) is 4.73. The summed E-state index contributed by atoms with van der Waals surface area (Å²) in [5.41, 5.74) is 2.63. The van der Waals surface area contributed by atoms with Crippen molar-refractivity contribution in [1.29, 1.82) is 0 Å². The number of carbonyl (C=O) groups is 1. The molecule has 7 nitrogen and oxygen atoms in total. The Morgan fingerprint density at radius 3 is 2.71 bits per heavy atom. The molecule has 2 aromatic heterocycles. The zero-order valence-corrected chi connectivity index (χ0v) is 18.8. The van der Waals surface area contributed by atoms with Gasteiger partial charge >= 0.3 is 0 Å². The van der Waals surface area contributed by atoms with Gasteiger partial charge in [-0.1, -0.05) is 0 Å². The molecule has 0 saturated carbocycles. The van der Waals surface area contributed by atoms with Crippen LogP contribution in [0, 0.1) is 0 Å². The van der Waals surface area contributed by atoms with Gasteiger partial charge in [-0.3, -0.25) is 9.78 Å². The van der Waals surface area contributed by atoms with E-state index in [2.05, 4.69) is 10.3 Å². The molecule has 1 aliphatic rings. The van der Waals surface area contributed by atoms with E-state index in [1.807, 2.05) is 63.2 Å². The van der Waals surface area contributed by atoms with Crippen LogP contribution in [0.5, 0.6) is 5.75 Å². The first-order valence-corrected chi connectivity index (χ1v) is 10.6. The fourth-order valence-corrected chi connectivity index (χ4v) is 3.96. The van der Waals surface area contributed by atoms with E-state index in [0.29, 0.717) is 11.5 Å². The number of aromatic nitrogens is 3. The molecule has 0 saturated heterocycles. The molecule has 1 N–H and O–H groups in total. The van der Waals surface area contributed by atoms with Gasteiger partial charge in [0, 0.05) is 35.4 Å². The highest BCUT2D eigenvalue weighted by molar-refractivity contribution is 5.86. The quantitative estimate of drug-likeness (QED) is 0.681. The van der Waals surface area contributed by atoms with Crippen LogP contribution in [0.3, 0.4) is 0 Å². The van der Waals surface area contributed by atoms with Gasteiger partial charge < -0.3 is 15.0 Å². The summed E-state index contributed by atoms with van der Waals surface area (Å²) in [6.45, 7) is 6.17. The lowest BCUT2D eigenvalue weighted by Crippen LogP contribution is -2.45. The Labute approximate surface area is 182 Å². The Bertz CT molecular complexity index is 1140. The molecule has 7 heteroatoms. The Balaban J connectivity index is 1.70. The van der Waals surface area contributed by atoms with Gasteiger partial charge in [0.25, 0.3) is 0 Å². The van der Waals surface area contributed by atoms with Crippen LogP contribution in [0.2, 0.25) is 0 Å². The number of ether oxygens (including phenoxy) is 1. The molecule has 0 spiro atoms. The number of likely N-dealkylation sites (N-methyl/N-ethyl adjacent to an activating group) is 1. The van der Waals surface area contributed by atoms with Crippen molar-refractivity contribution in [1.82, 2.24) is 20.3 Å². The van der Waals surface area contributed by atoms with E-state index in [1.54, 1.807) is 7.11 Å². The van der Waals surface area contributed by atoms with Gasteiger partial charge in [-0.25, -0.2) is 9.97 Å². The second-order valence-electron chi connectivity index (χ2n) is 9.09. The average molecular weight is 420 g/mol. The van der Waals surface area contributed by atoms with E-state index in [1.165, 1.54) is 0 Å². The maximum absolute atomic E-state index is 12.5. The van der Waals surface area contributed by atoms with Gasteiger partial charge in [0.15, 0.2) is 5.82 Å². The van der Waals surface area contributed by atoms with Crippen LogP contribution in [0.1, 0.15) is 38.4 Å². The lowest BCUT2D eigenvalue weighted by molar-refractivity contribution is -0.121. The molecule has 0 unspecified atom stereocenters. The number of amides is 1. The SMILES string of the molecule is COc1ccc2cnc(-c3nc4c(c(N(C)CC(=O)NC(C)(C)C)n3)CCC4)cc2c1. The number of methoxy groups -OCH3 is 1. The summed E-state index contributed by atoms with van der Waals surface area (Å²) in [7, 11) is 3.57. The molecule has 0 bridgehead atoms. The first kappa shape index (κ1) is 21.0. The van der Waals surface area contributed by atoms with E-state index in [4.69, 9.17) is 14.7 Å². The Hall–Kier alpha value is -3.22. The Kier molecular flexibility index (Phi) is 5.52. The van der Waals surface area contributed by atoms with E-state index >= 15 is 0 Å². The first-order valence-electron chi connectivity index (χ1n) is 10.6. The van der Waals surface area contributed by atoms with Crippen LogP contribution in [-0.4, -0.2) is 47.1 Å². The third kappa shape index (κ3) is 4.60. The van der Waals surface area contributed by atoms with Gasteiger partial charge in [-0.05, 0) is 69.7 Å². The summed E-state index contributed by atoms with van der Waals surface area (Å²) < 4.78 is 5.35. The number of nitrogens with one attached hydrogen (secondary N) is 1. The van der Waals surface area contributed by atoms with Crippen LogP contribution in [-0.2, 0) is 17.6 Å². The van der Waals surface area contributed by atoms with Crippen LogP contribution < -0.4 is 15.0 Å². The Morgan fingerprint density at radius 1 is 1.16 bits per heavy atom. The third-order valence-electron chi connectivity index (χ3n) is 5.33. The van der Waals surface area contributed by atoms with Gasteiger partial charge in [-0.15, -0.1) is 0 Å². The van der Waals surface area contributed by atoms with Gasteiger partial charge in [0.2, 0.25) is 5.91 Å². The molecule has 1 aromatic carbocycles. The summed E-state index contributed by atoms with van der Waals surface area (Å²) in [4.78, 5) is 28.7. The molecular formula is C24H29N5O2. The van der Waals surface area contributed by atoms with Crippen LogP contribution >= 0.6 is 0 Å². The molecular weight excluding hydrogens is 390 g/mol. The molecule has 1 amide bonds. The van der Waals surface area contributed by atoms with Crippen molar-refractivity contribution in [3.8, 4) is 17.3 Å². The largest absolute Gasteiger partial charge is 0.497 e. The number of pyridine rings is 1. The van der Waals surface area contributed by atoms with Crippen molar-refractivity contribution in [2.75, 3.05) is 25.6 Å². The number of hydrogen-bond acceptors (Lipinski definition) is 6. The standard InChI is InChI=1S/C24H29N5O2/c1-24(2,3)28-21(30)14-29(4)23-18-7-6-8-19(18)26-22(27-23)20-12-16-11-17(31-5)10-9-15(16)13-25-20/h9-13H,6-8,14H2,1-5H3,(H,28,30). The number of fused-ring (bicyclic) bond motifs is 2. The number of carbonyl (C=O) groups excluding carboxylic acids is 1. The number of benzene rings is 1. The number of anilines is 1. The van der Waals surface area contributed by atoms with Crippen LogP contribution in [0.25, 0.3) is 22.3 Å². The summed E-state index contributed by atoms with van der Waals surface area (Å²) in [6, 6.07) is 7.88. The van der Waals surface area contributed by atoms with E-state index in [-0.39, 0.29) is 18.0 Å². The van der Waals surface area contributed by atoms with Crippen molar-refractivity contribution >= 4 is 22.5 Å². The van der Waals surface area contributed by atoms with Crippen molar-refractivity contribution in [2.24, 2.45) is 0 Å². The average Bonchev–Trinajstić information content (AvgIpc) is 3.19. The molecule has 0 atom stereocenters. The fourth-order valence-electron chi connectivity index (χ4n) is 3.96. The molecule has 0 radical (unpaired) electrons. The fraction of sp³-hybridized carbons (Fsp3) is 0.417. The molecule has 162 valence electrons. The predicted molar refractivity (Wildman–Crippen MR) is 123 cm³/mol. The van der Waals surface area contributed by atoms with Gasteiger partial charge in [0.1, 0.15) is 17.3 Å². The summed E-state index contributed by atoms with van der Waals surface area (Å²) >= 11 is 0. The predicted octanol–water partition coefficient (Wildman–Crippen LogP) is 3.54. The molecule has 4 rings (SSSR count). The van der Waals surface area contributed by atoms with Gasteiger partial charge in [0.05, 0.1) is 13.7 Å². The van der Waals surface area contributed by atoms with E-state index < -0.39 is 0 Å². The minimum absolute atomic E-state index is 0.0298. The molecule has 0 fully saturated rings. The topological polar surface area (TPSA) is 80.2 Å². The van der Waals surface area contributed by atoms with Crippen molar-refractivity contribution in [3.05, 3.63) is 41.7 Å². The number of rotatable bonds is 5. The molecule has 0 aliphatic heterocycles. The van der Waals surface area contributed by atoms with Crippen molar-refractivity contribution in [3.63, 3.8) is 0 Å². The van der Waals surface area contributed by atoms with Crippen molar-refractivity contribution < 1.29 is 9.53 Å². The molecule has 2 heterocycles. The van der Waals surface area contributed by atoms with Gasteiger partial charge in [-0.2, -0.15) is 0 Å². The smallest absolute Gasteiger partial charge is 0.239 e. The number of hydrogen-bond donors (Lipinski definition) is 1. The van der Waals surface area contributed by atoms with Crippen LogP contribution in [0.4, 0.5) is 5.82 Å². The minimum Gasteiger partial charge on any atom is -0.497 e. The number of aryl methyl sites for hydroxylation is 1.